The number of imidazole rings is 1. The van der Waals surface area contributed by atoms with Gasteiger partial charge in [-0.25, -0.2) is 4.98 Å². The number of rotatable bonds is 11. The molecule has 148 valence electrons. The number of ether oxygens (including phenoxy) is 2. The molecular formula is C23H29N3O2. The molecule has 0 saturated carbocycles. The molecule has 1 N–H and O–H groups in total. The molecule has 0 amide bonds. The molecule has 0 radical (unpaired) electrons. The Morgan fingerprint density at radius 2 is 1.82 bits per heavy atom. The highest BCUT2D eigenvalue weighted by Crippen LogP contribution is 2.29. The summed E-state index contributed by atoms with van der Waals surface area (Å²) in [6.45, 7) is 7.96. The molecule has 5 heteroatoms. The van der Waals surface area contributed by atoms with E-state index in [9.17, 15) is 0 Å². The summed E-state index contributed by atoms with van der Waals surface area (Å²) in [4.78, 5) is 4.06. The first kappa shape index (κ1) is 20.0. The van der Waals surface area contributed by atoms with E-state index in [1.807, 2.05) is 31.7 Å². The van der Waals surface area contributed by atoms with Crippen LogP contribution < -0.4 is 14.8 Å². The Morgan fingerprint density at radius 1 is 1.00 bits per heavy atom. The van der Waals surface area contributed by atoms with Gasteiger partial charge in [-0.05, 0) is 50.1 Å². The average molecular weight is 380 g/mol. The summed E-state index contributed by atoms with van der Waals surface area (Å²) in [6.07, 6.45) is 6.71. The molecule has 0 unspecified atom stereocenters. The van der Waals surface area contributed by atoms with Crippen LogP contribution in [0.2, 0.25) is 0 Å². The van der Waals surface area contributed by atoms with E-state index in [-0.39, 0.29) is 0 Å². The molecule has 2 aromatic carbocycles. The number of hydrogen-bond donors (Lipinski definition) is 1. The highest BCUT2D eigenvalue weighted by molar-refractivity contribution is 5.43. The van der Waals surface area contributed by atoms with E-state index in [2.05, 4.69) is 58.2 Å². The zero-order valence-corrected chi connectivity index (χ0v) is 16.7. The fourth-order valence-electron chi connectivity index (χ4n) is 2.93. The SMILES string of the molecule is CCOc1cc(CNCCCn2ccnc2)ccc1OCc1ccc(C)cc1. The van der Waals surface area contributed by atoms with Gasteiger partial charge in [0.05, 0.1) is 12.9 Å². The van der Waals surface area contributed by atoms with E-state index in [0.717, 1.165) is 43.1 Å². The summed E-state index contributed by atoms with van der Waals surface area (Å²) >= 11 is 0. The number of hydrogen-bond acceptors (Lipinski definition) is 4. The van der Waals surface area contributed by atoms with Crippen molar-refractivity contribution in [2.24, 2.45) is 0 Å². The molecule has 0 atom stereocenters. The Hall–Kier alpha value is -2.79. The smallest absolute Gasteiger partial charge is 0.161 e. The zero-order chi connectivity index (χ0) is 19.6. The van der Waals surface area contributed by atoms with Gasteiger partial charge in [-0.15, -0.1) is 0 Å². The third-order valence-corrected chi connectivity index (χ3v) is 4.48. The predicted octanol–water partition coefficient (Wildman–Crippen LogP) is 4.35. The number of nitrogens with one attached hydrogen (secondary N) is 1. The minimum Gasteiger partial charge on any atom is -0.490 e. The van der Waals surface area contributed by atoms with Gasteiger partial charge in [-0.1, -0.05) is 35.9 Å². The van der Waals surface area contributed by atoms with E-state index in [1.165, 1.54) is 11.1 Å². The molecule has 0 fully saturated rings. The van der Waals surface area contributed by atoms with Crippen LogP contribution in [0.1, 0.15) is 30.0 Å². The van der Waals surface area contributed by atoms with Crippen LogP contribution in [0.15, 0.2) is 61.2 Å². The maximum atomic E-state index is 6.00. The summed E-state index contributed by atoms with van der Waals surface area (Å²) < 4.78 is 13.9. The van der Waals surface area contributed by atoms with Crippen molar-refractivity contribution in [3.8, 4) is 11.5 Å². The van der Waals surface area contributed by atoms with Gasteiger partial charge in [0, 0.05) is 25.5 Å². The van der Waals surface area contributed by atoms with Gasteiger partial charge in [0.1, 0.15) is 6.61 Å². The normalized spacial score (nSPS) is 10.8. The quantitative estimate of drug-likeness (QED) is 0.503. The van der Waals surface area contributed by atoms with Crippen LogP contribution in [-0.4, -0.2) is 22.7 Å². The van der Waals surface area contributed by atoms with Gasteiger partial charge in [0.15, 0.2) is 11.5 Å². The van der Waals surface area contributed by atoms with E-state index in [4.69, 9.17) is 9.47 Å². The first-order valence-corrected chi connectivity index (χ1v) is 9.85. The highest BCUT2D eigenvalue weighted by atomic mass is 16.5. The Bertz CT molecular complexity index is 830. The largest absolute Gasteiger partial charge is 0.490 e. The van der Waals surface area contributed by atoms with Crippen LogP contribution in [-0.2, 0) is 19.7 Å². The molecule has 0 aliphatic rings. The molecule has 0 spiro atoms. The van der Waals surface area contributed by atoms with E-state index in [0.29, 0.717) is 13.2 Å². The number of aromatic nitrogens is 2. The summed E-state index contributed by atoms with van der Waals surface area (Å²) in [5.74, 6) is 1.58. The number of aryl methyl sites for hydroxylation is 2. The Morgan fingerprint density at radius 3 is 2.57 bits per heavy atom. The second kappa shape index (κ2) is 10.5. The molecule has 3 aromatic rings. The topological polar surface area (TPSA) is 48.3 Å². The van der Waals surface area contributed by atoms with Gasteiger partial charge >= 0.3 is 0 Å². The molecule has 0 bridgehead atoms. The van der Waals surface area contributed by atoms with Crippen LogP contribution in [0.3, 0.4) is 0 Å². The Kier molecular flexibility index (Phi) is 7.50. The van der Waals surface area contributed by atoms with Gasteiger partial charge in [-0.2, -0.15) is 0 Å². The van der Waals surface area contributed by atoms with Crippen LogP contribution in [0.5, 0.6) is 11.5 Å². The summed E-state index contributed by atoms with van der Waals surface area (Å²) in [7, 11) is 0. The maximum absolute atomic E-state index is 6.00. The molecule has 0 aliphatic heterocycles. The van der Waals surface area contributed by atoms with Crippen molar-refractivity contribution in [2.45, 2.75) is 40.0 Å². The minimum atomic E-state index is 0.534. The third-order valence-electron chi connectivity index (χ3n) is 4.48. The minimum absolute atomic E-state index is 0.534. The van der Waals surface area contributed by atoms with E-state index >= 15 is 0 Å². The molecule has 1 aromatic heterocycles. The second-order valence-corrected chi connectivity index (χ2v) is 6.82. The summed E-state index contributed by atoms with van der Waals surface area (Å²) in [5, 5.41) is 3.49. The van der Waals surface area contributed by atoms with Crippen LogP contribution >= 0.6 is 0 Å². The van der Waals surface area contributed by atoms with Crippen molar-refractivity contribution in [2.75, 3.05) is 13.2 Å². The number of nitrogens with zero attached hydrogens (tertiary/aromatic N) is 2. The lowest BCUT2D eigenvalue weighted by atomic mass is 10.1. The van der Waals surface area contributed by atoms with E-state index < -0.39 is 0 Å². The highest BCUT2D eigenvalue weighted by Gasteiger charge is 2.07. The summed E-state index contributed by atoms with van der Waals surface area (Å²) in [5.41, 5.74) is 3.59. The first-order chi connectivity index (χ1) is 13.7. The molecule has 5 nitrogen and oxygen atoms in total. The zero-order valence-electron chi connectivity index (χ0n) is 16.7. The molecule has 0 aliphatic carbocycles. The van der Waals surface area contributed by atoms with Crippen LogP contribution in [0.4, 0.5) is 0 Å². The standard InChI is InChI=1S/C23H29N3O2/c1-3-27-23-15-21(16-24-11-4-13-26-14-12-25-18-26)9-10-22(23)28-17-20-7-5-19(2)6-8-20/h5-10,12,14-15,18,24H,3-4,11,13,16-17H2,1-2H3. The average Bonchev–Trinajstić information content (AvgIpc) is 3.22. The molecule has 0 saturated heterocycles. The second-order valence-electron chi connectivity index (χ2n) is 6.82. The van der Waals surface area contributed by atoms with Gasteiger partial charge in [-0.3, -0.25) is 0 Å². The summed E-state index contributed by atoms with van der Waals surface area (Å²) in [6, 6.07) is 14.6. The van der Waals surface area contributed by atoms with Gasteiger partial charge in [0.25, 0.3) is 0 Å². The first-order valence-electron chi connectivity index (χ1n) is 9.85. The molecule has 28 heavy (non-hydrogen) atoms. The predicted molar refractivity (Wildman–Crippen MR) is 112 cm³/mol. The lowest BCUT2D eigenvalue weighted by Gasteiger charge is -2.14. The van der Waals surface area contributed by atoms with Crippen molar-refractivity contribution < 1.29 is 9.47 Å². The lowest BCUT2D eigenvalue weighted by molar-refractivity contribution is 0.269. The maximum Gasteiger partial charge on any atom is 0.161 e. The van der Waals surface area contributed by atoms with Crippen LogP contribution in [0.25, 0.3) is 0 Å². The molecular weight excluding hydrogens is 350 g/mol. The number of benzene rings is 2. The van der Waals surface area contributed by atoms with Crippen LogP contribution in [0, 0.1) is 6.92 Å². The fourth-order valence-corrected chi connectivity index (χ4v) is 2.93. The van der Waals surface area contributed by atoms with Crippen molar-refractivity contribution in [1.82, 2.24) is 14.9 Å². The van der Waals surface area contributed by atoms with Crippen molar-refractivity contribution in [3.05, 3.63) is 77.9 Å². The molecule has 3 rings (SSSR count). The molecule has 1 heterocycles. The van der Waals surface area contributed by atoms with Gasteiger partial charge < -0.3 is 19.4 Å². The van der Waals surface area contributed by atoms with Gasteiger partial charge in [0.2, 0.25) is 0 Å². The van der Waals surface area contributed by atoms with E-state index in [1.54, 1.807) is 0 Å². The van der Waals surface area contributed by atoms with Crippen molar-refractivity contribution in [1.29, 1.82) is 0 Å². The third kappa shape index (κ3) is 6.13. The Balaban J connectivity index is 1.50. The van der Waals surface area contributed by atoms with Crippen molar-refractivity contribution in [3.63, 3.8) is 0 Å². The monoisotopic (exact) mass is 379 g/mol. The Labute approximate surface area is 167 Å². The fraction of sp³-hybridized carbons (Fsp3) is 0.348. The lowest BCUT2D eigenvalue weighted by Crippen LogP contribution is -2.16. The van der Waals surface area contributed by atoms with Crippen molar-refractivity contribution >= 4 is 0 Å².